The van der Waals surface area contributed by atoms with Crippen LogP contribution in [0.25, 0.3) is 16.7 Å². The molecule has 0 aliphatic rings. The van der Waals surface area contributed by atoms with Crippen molar-refractivity contribution >= 4 is 11.0 Å². The Kier molecular flexibility index (Phi) is 1.94. The van der Waals surface area contributed by atoms with Crippen LogP contribution in [0.4, 0.5) is 0 Å². The number of nitrogens with zero attached hydrogens (tertiary/aromatic N) is 2. The minimum atomic E-state index is -0.513. The molecule has 0 amide bonds. The van der Waals surface area contributed by atoms with Gasteiger partial charge in [0.1, 0.15) is 0 Å². The summed E-state index contributed by atoms with van der Waals surface area (Å²) in [5.41, 5.74) is -0.141. The Labute approximate surface area is 94.1 Å². The number of fused-ring (bicyclic) bond motifs is 1. The maximum Gasteiger partial charge on any atom is 0.333 e. The van der Waals surface area contributed by atoms with Gasteiger partial charge in [0.05, 0.1) is 11.9 Å². The van der Waals surface area contributed by atoms with E-state index >= 15 is 0 Å². The van der Waals surface area contributed by atoms with Crippen molar-refractivity contribution in [2.45, 2.75) is 0 Å². The van der Waals surface area contributed by atoms with Crippen molar-refractivity contribution in [2.75, 3.05) is 0 Å². The molecule has 1 N–H and O–H groups in total. The molecule has 17 heavy (non-hydrogen) atoms. The predicted molar refractivity (Wildman–Crippen MR) is 60.2 cm³/mol. The van der Waals surface area contributed by atoms with Gasteiger partial charge in [0.2, 0.25) is 0 Å². The number of benzene rings is 1. The summed E-state index contributed by atoms with van der Waals surface area (Å²) >= 11 is 0. The molecule has 0 saturated carbocycles. The third-order valence-electron chi connectivity index (χ3n) is 2.46. The Morgan fingerprint density at radius 2 is 2.12 bits per heavy atom. The Bertz CT molecular complexity index is 769. The number of aromatic nitrogens is 3. The van der Waals surface area contributed by atoms with Gasteiger partial charge in [-0.1, -0.05) is 11.2 Å². The topological polar surface area (TPSA) is 80.9 Å². The highest BCUT2D eigenvalue weighted by Crippen LogP contribution is 2.19. The molecule has 0 aliphatic heterocycles. The van der Waals surface area contributed by atoms with Crippen molar-refractivity contribution in [1.29, 1.82) is 0 Å². The summed E-state index contributed by atoms with van der Waals surface area (Å²) in [6.45, 7) is 0. The molecule has 0 aliphatic carbocycles. The number of rotatable bonds is 1. The highest BCUT2D eigenvalue weighted by molar-refractivity contribution is 5.83. The number of para-hydroxylation sites is 1. The summed E-state index contributed by atoms with van der Waals surface area (Å²) in [6, 6.07) is 6.42. The van der Waals surface area contributed by atoms with Gasteiger partial charge in [-0.3, -0.25) is 4.79 Å². The monoisotopic (exact) mass is 229 g/mol. The lowest BCUT2D eigenvalue weighted by molar-refractivity contribution is 0.455. The summed E-state index contributed by atoms with van der Waals surface area (Å²) < 4.78 is 6.06. The number of hydrogen-bond acceptors (Lipinski definition) is 4. The summed E-state index contributed by atoms with van der Waals surface area (Å²) in [7, 11) is 0. The van der Waals surface area contributed by atoms with E-state index in [1.54, 1.807) is 18.2 Å². The standard InChI is InChI=1S/C11H7N3O3/c15-9-4-5-12-11(16)14(9)8-3-1-2-7-6-13-17-10(7)8/h1-6H,(H,12,16). The minimum absolute atomic E-state index is 0.381. The van der Waals surface area contributed by atoms with Crippen LogP contribution in [0, 0.1) is 0 Å². The highest BCUT2D eigenvalue weighted by atomic mass is 16.5. The molecule has 6 nitrogen and oxygen atoms in total. The van der Waals surface area contributed by atoms with Crippen LogP contribution in [0.3, 0.4) is 0 Å². The Morgan fingerprint density at radius 1 is 1.24 bits per heavy atom. The molecule has 0 fully saturated rings. The Balaban J connectivity index is 2.47. The van der Waals surface area contributed by atoms with E-state index in [0.29, 0.717) is 11.3 Å². The van der Waals surface area contributed by atoms with Crippen LogP contribution in [0.1, 0.15) is 0 Å². The fourth-order valence-corrected chi connectivity index (χ4v) is 1.71. The zero-order valence-corrected chi connectivity index (χ0v) is 8.58. The lowest BCUT2D eigenvalue weighted by atomic mass is 10.2. The van der Waals surface area contributed by atoms with E-state index < -0.39 is 11.2 Å². The fourth-order valence-electron chi connectivity index (χ4n) is 1.71. The average Bonchev–Trinajstić information content (AvgIpc) is 2.77. The molecule has 84 valence electrons. The third-order valence-corrected chi connectivity index (χ3v) is 2.46. The van der Waals surface area contributed by atoms with Gasteiger partial charge in [-0.25, -0.2) is 9.36 Å². The van der Waals surface area contributed by atoms with Gasteiger partial charge in [0, 0.05) is 17.6 Å². The molecule has 0 atom stereocenters. The molecule has 0 saturated heterocycles. The van der Waals surface area contributed by atoms with Gasteiger partial charge in [-0.15, -0.1) is 0 Å². The zero-order chi connectivity index (χ0) is 11.8. The molecular weight excluding hydrogens is 222 g/mol. The first kappa shape index (κ1) is 9.59. The molecule has 0 unspecified atom stereocenters. The van der Waals surface area contributed by atoms with Crippen LogP contribution < -0.4 is 11.2 Å². The van der Waals surface area contributed by atoms with Crippen molar-refractivity contribution in [3.05, 3.63) is 57.5 Å². The molecule has 1 aromatic carbocycles. The second-order valence-corrected chi connectivity index (χ2v) is 3.48. The summed E-state index contributed by atoms with van der Waals surface area (Å²) in [5.74, 6) is 0. The molecule has 0 spiro atoms. The van der Waals surface area contributed by atoms with Crippen molar-refractivity contribution in [2.24, 2.45) is 0 Å². The summed E-state index contributed by atoms with van der Waals surface area (Å²) in [6.07, 6.45) is 2.84. The Hall–Kier alpha value is -2.63. The third kappa shape index (κ3) is 1.38. The first-order valence-electron chi connectivity index (χ1n) is 4.92. The van der Waals surface area contributed by atoms with E-state index in [2.05, 4.69) is 10.1 Å². The van der Waals surface area contributed by atoms with E-state index in [4.69, 9.17) is 4.52 Å². The van der Waals surface area contributed by atoms with E-state index in [1.165, 1.54) is 18.5 Å². The van der Waals surface area contributed by atoms with Gasteiger partial charge in [0.25, 0.3) is 5.56 Å². The molecular formula is C11H7N3O3. The zero-order valence-electron chi connectivity index (χ0n) is 8.58. The van der Waals surface area contributed by atoms with Crippen molar-refractivity contribution in [1.82, 2.24) is 14.7 Å². The summed E-state index contributed by atoms with van der Waals surface area (Å²) in [4.78, 5) is 25.8. The van der Waals surface area contributed by atoms with Crippen LogP contribution >= 0.6 is 0 Å². The van der Waals surface area contributed by atoms with Gasteiger partial charge < -0.3 is 9.51 Å². The molecule has 3 aromatic rings. The predicted octanol–water partition coefficient (Wildman–Crippen LogP) is 0.667. The number of nitrogens with one attached hydrogen (secondary N) is 1. The van der Waals surface area contributed by atoms with Gasteiger partial charge >= 0.3 is 5.69 Å². The van der Waals surface area contributed by atoms with Gasteiger partial charge in [-0.2, -0.15) is 0 Å². The van der Waals surface area contributed by atoms with Crippen molar-refractivity contribution < 1.29 is 4.52 Å². The minimum Gasteiger partial charge on any atom is -0.354 e. The normalized spacial score (nSPS) is 10.8. The van der Waals surface area contributed by atoms with Crippen LogP contribution in [-0.2, 0) is 0 Å². The second-order valence-electron chi connectivity index (χ2n) is 3.48. The molecule has 2 aromatic heterocycles. The largest absolute Gasteiger partial charge is 0.354 e. The number of H-pyrrole nitrogens is 1. The lowest BCUT2D eigenvalue weighted by Gasteiger charge is -2.02. The van der Waals surface area contributed by atoms with Gasteiger partial charge in [0.15, 0.2) is 5.58 Å². The van der Waals surface area contributed by atoms with E-state index in [9.17, 15) is 9.59 Å². The maximum absolute atomic E-state index is 11.7. The van der Waals surface area contributed by atoms with Gasteiger partial charge in [-0.05, 0) is 12.1 Å². The fraction of sp³-hybridized carbons (Fsp3) is 0. The second kappa shape index (κ2) is 3.44. The molecule has 3 rings (SSSR count). The van der Waals surface area contributed by atoms with E-state index in [-0.39, 0.29) is 0 Å². The smallest absolute Gasteiger partial charge is 0.333 e. The maximum atomic E-state index is 11.7. The molecule has 0 bridgehead atoms. The molecule has 0 radical (unpaired) electrons. The lowest BCUT2D eigenvalue weighted by Crippen LogP contribution is -2.32. The van der Waals surface area contributed by atoms with E-state index in [1.807, 2.05) is 0 Å². The average molecular weight is 229 g/mol. The van der Waals surface area contributed by atoms with Crippen LogP contribution in [0.15, 0.2) is 50.8 Å². The van der Waals surface area contributed by atoms with Crippen LogP contribution in [0.2, 0.25) is 0 Å². The SMILES string of the molecule is O=c1cc[nH]c(=O)n1-c1cccc2cnoc12. The first-order chi connectivity index (χ1) is 8.27. The quantitative estimate of drug-likeness (QED) is 0.664. The van der Waals surface area contributed by atoms with E-state index in [0.717, 1.165) is 9.95 Å². The van der Waals surface area contributed by atoms with Crippen molar-refractivity contribution in [3.63, 3.8) is 0 Å². The number of hydrogen-bond donors (Lipinski definition) is 1. The molecule has 2 heterocycles. The Morgan fingerprint density at radius 3 is 2.94 bits per heavy atom. The molecule has 6 heteroatoms. The highest BCUT2D eigenvalue weighted by Gasteiger charge is 2.10. The first-order valence-corrected chi connectivity index (χ1v) is 4.92. The summed E-state index contributed by atoms with van der Waals surface area (Å²) in [5, 5.41) is 4.38. The van der Waals surface area contributed by atoms with Crippen molar-refractivity contribution in [3.8, 4) is 5.69 Å². The number of aromatic amines is 1. The van der Waals surface area contributed by atoms with Crippen LogP contribution in [0.5, 0.6) is 0 Å². The van der Waals surface area contributed by atoms with Crippen LogP contribution in [-0.4, -0.2) is 14.7 Å².